The van der Waals surface area contributed by atoms with Crippen LogP contribution in [0.25, 0.3) is 0 Å². The fraction of sp³-hybridized carbons (Fsp3) is 0.683. The quantitative estimate of drug-likeness (QED) is 0.0457. The zero-order valence-corrected chi connectivity index (χ0v) is 36.1. The van der Waals surface area contributed by atoms with Crippen molar-refractivity contribution in [1.82, 2.24) is 37.2 Å². The molecule has 19 heteroatoms. The zero-order valence-electron chi connectivity index (χ0n) is 34.5. The molecule has 4 heterocycles. The van der Waals surface area contributed by atoms with Crippen LogP contribution in [-0.2, 0) is 19.2 Å². The SMILES string of the molecule is NCCNC(=O)c1cc(NC(=O)CCCCCNC(=O)CCCCC2SCC3NC(=O)NC32)cc(NC(=O)CCCCCNC(=O)CCCCC2SCC3NC(=O)NC32)c1. The average molecular weight is 873 g/mol. The van der Waals surface area contributed by atoms with Gasteiger partial charge in [0.05, 0.1) is 24.2 Å². The summed E-state index contributed by atoms with van der Waals surface area (Å²) in [6.07, 6.45) is 11.1. The largest absolute Gasteiger partial charge is 0.356 e. The number of fused-ring (bicyclic) bond motifs is 2. The zero-order chi connectivity index (χ0) is 42.7. The molecule has 0 saturated carbocycles. The normalized spacial score (nSPS) is 22.4. The highest BCUT2D eigenvalue weighted by Crippen LogP contribution is 2.34. The molecule has 17 nitrogen and oxygen atoms in total. The van der Waals surface area contributed by atoms with Gasteiger partial charge in [0.25, 0.3) is 5.91 Å². The number of unbranched alkanes of at least 4 members (excludes halogenated alkanes) is 6. The van der Waals surface area contributed by atoms with E-state index < -0.39 is 0 Å². The Kier molecular flexibility index (Phi) is 19.4. The van der Waals surface area contributed by atoms with Crippen molar-refractivity contribution < 1.29 is 33.6 Å². The van der Waals surface area contributed by atoms with E-state index in [4.69, 9.17) is 5.73 Å². The molecule has 4 aliphatic rings. The predicted octanol–water partition coefficient (Wildman–Crippen LogP) is 3.06. The van der Waals surface area contributed by atoms with Gasteiger partial charge in [0.1, 0.15) is 0 Å². The molecule has 4 fully saturated rings. The van der Waals surface area contributed by atoms with Crippen LogP contribution in [0.5, 0.6) is 0 Å². The molecule has 60 heavy (non-hydrogen) atoms. The summed E-state index contributed by atoms with van der Waals surface area (Å²) in [5.41, 5.74) is 6.61. The Morgan fingerprint density at radius 2 is 1.00 bits per heavy atom. The molecule has 0 aliphatic carbocycles. The maximum Gasteiger partial charge on any atom is 0.315 e. The van der Waals surface area contributed by atoms with Gasteiger partial charge in [-0.05, 0) is 69.6 Å². The number of carbonyl (C=O) groups is 7. The number of urea groups is 2. The first-order valence-electron chi connectivity index (χ1n) is 21.7. The van der Waals surface area contributed by atoms with E-state index in [0.717, 1.165) is 75.7 Å². The van der Waals surface area contributed by atoms with Gasteiger partial charge >= 0.3 is 12.1 Å². The molecule has 0 aromatic heterocycles. The fourth-order valence-electron chi connectivity index (χ4n) is 7.99. The van der Waals surface area contributed by atoms with Crippen molar-refractivity contribution in [3.63, 3.8) is 0 Å². The topological polar surface area (TPSA) is 254 Å². The summed E-state index contributed by atoms with van der Waals surface area (Å²) < 4.78 is 0. The van der Waals surface area contributed by atoms with E-state index in [-0.39, 0.29) is 97.3 Å². The van der Waals surface area contributed by atoms with Gasteiger partial charge < -0.3 is 53.6 Å². The third-order valence-electron chi connectivity index (χ3n) is 11.2. The Balaban J connectivity index is 0.907. The number of nitrogens with one attached hydrogen (secondary N) is 9. The summed E-state index contributed by atoms with van der Waals surface area (Å²) in [6.45, 7) is 1.63. The number of rotatable bonds is 27. The van der Waals surface area contributed by atoms with E-state index in [1.165, 1.54) is 0 Å². The van der Waals surface area contributed by atoms with Crippen LogP contribution in [0.1, 0.15) is 113 Å². The molecule has 1 aromatic carbocycles. The second-order valence-electron chi connectivity index (χ2n) is 16.0. The van der Waals surface area contributed by atoms with Crippen molar-refractivity contribution in [2.75, 3.05) is 48.3 Å². The number of nitrogens with two attached hydrogens (primary N) is 1. The van der Waals surface area contributed by atoms with Gasteiger partial charge in [-0.15, -0.1) is 0 Å². The Morgan fingerprint density at radius 3 is 1.47 bits per heavy atom. The molecule has 4 aliphatic heterocycles. The molecule has 332 valence electrons. The van der Waals surface area contributed by atoms with Gasteiger partial charge in [0, 0.05) is 90.8 Å². The third kappa shape index (κ3) is 15.7. The molecule has 0 spiro atoms. The number of hydrogen-bond acceptors (Lipinski definition) is 10. The summed E-state index contributed by atoms with van der Waals surface area (Å²) in [4.78, 5) is 86.2. The number of hydrogen-bond donors (Lipinski definition) is 10. The third-order valence-corrected chi connectivity index (χ3v) is 14.2. The van der Waals surface area contributed by atoms with E-state index in [2.05, 4.69) is 47.9 Å². The maximum atomic E-state index is 12.8. The Labute approximate surface area is 361 Å². The average Bonchev–Trinajstić information content (AvgIpc) is 3.98. The van der Waals surface area contributed by atoms with Crippen molar-refractivity contribution in [3.05, 3.63) is 23.8 Å². The molecule has 11 N–H and O–H groups in total. The first-order valence-corrected chi connectivity index (χ1v) is 23.8. The number of amides is 9. The molecule has 5 rings (SSSR count). The summed E-state index contributed by atoms with van der Waals surface area (Å²) in [5.74, 6) is 1.09. The second-order valence-corrected chi connectivity index (χ2v) is 18.5. The van der Waals surface area contributed by atoms with E-state index in [1.807, 2.05) is 23.5 Å². The van der Waals surface area contributed by atoms with Crippen molar-refractivity contribution in [1.29, 1.82) is 0 Å². The number of benzene rings is 1. The molecule has 6 unspecified atom stereocenters. The first-order chi connectivity index (χ1) is 29.1. The van der Waals surface area contributed by atoms with Crippen molar-refractivity contribution in [2.24, 2.45) is 5.73 Å². The van der Waals surface area contributed by atoms with Crippen molar-refractivity contribution in [3.8, 4) is 0 Å². The molecule has 0 radical (unpaired) electrons. The van der Waals surface area contributed by atoms with Gasteiger partial charge in [0.15, 0.2) is 0 Å². The smallest absolute Gasteiger partial charge is 0.315 e. The molecule has 9 amide bonds. The molecule has 0 bridgehead atoms. The van der Waals surface area contributed by atoms with Gasteiger partial charge in [-0.3, -0.25) is 24.0 Å². The highest BCUT2D eigenvalue weighted by Gasteiger charge is 2.43. The van der Waals surface area contributed by atoms with Crippen LogP contribution < -0.4 is 53.6 Å². The number of thioether (sulfide) groups is 2. The monoisotopic (exact) mass is 872 g/mol. The van der Waals surface area contributed by atoms with Crippen molar-refractivity contribution in [2.45, 2.75) is 137 Å². The lowest BCUT2D eigenvalue weighted by Crippen LogP contribution is -2.36. The first kappa shape index (κ1) is 46.8. The lowest BCUT2D eigenvalue weighted by atomic mass is 10.0. The minimum atomic E-state index is -0.374. The van der Waals surface area contributed by atoms with Crippen LogP contribution in [0, 0.1) is 0 Å². The second kappa shape index (κ2) is 24.9. The summed E-state index contributed by atoms with van der Waals surface area (Å²) in [7, 11) is 0. The molecule has 4 saturated heterocycles. The Morgan fingerprint density at radius 1 is 0.550 bits per heavy atom. The van der Waals surface area contributed by atoms with Crippen LogP contribution in [0.4, 0.5) is 21.0 Å². The van der Waals surface area contributed by atoms with Crippen LogP contribution in [-0.4, -0.2) is 114 Å². The van der Waals surface area contributed by atoms with Crippen LogP contribution >= 0.6 is 23.5 Å². The van der Waals surface area contributed by atoms with Crippen LogP contribution in [0.15, 0.2) is 18.2 Å². The van der Waals surface area contributed by atoms with Gasteiger partial charge in [-0.2, -0.15) is 23.5 Å². The van der Waals surface area contributed by atoms with E-state index in [9.17, 15) is 33.6 Å². The predicted molar refractivity (Wildman–Crippen MR) is 236 cm³/mol. The molecular formula is C41H64N10O7S2. The van der Waals surface area contributed by atoms with Gasteiger partial charge in [-0.1, -0.05) is 25.7 Å². The summed E-state index contributed by atoms with van der Waals surface area (Å²) in [6, 6.07) is 5.37. The van der Waals surface area contributed by atoms with Crippen LogP contribution in [0.2, 0.25) is 0 Å². The van der Waals surface area contributed by atoms with E-state index >= 15 is 0 Å². The highest BCUT2D eigenvalue weighted by molar-refractivity contribution is 8.00. The standard InChI is InChI=1S/C41H64N10O7S2/c42-17-20-45-39(56)26-21-27(46-35(54)15-3-1-9-18-43-33(52)13-7-5-11-31-37-29(24-59-31)48-40(57)50-37)23-28(22-26)47-36(55)16-4-2-10-19-44-34(53)14-8-6-12-32-38-30(25-60-32)49-41(58)51-38/h21-23,29-32,37-38H,1-20,24-25,42H2,(H,43,52)(H,44,53)(H,45,56)(H,46,54)(H,47,55)(H2,48,50,57)(H2,49,51,58). The summed E-state index contributed by atoms with van der Waals surface area (Å²) in [5, 5.41) is 27.0. The minimum absolute atomic E-state index is 0.0238. The number of anilines is 2. The number of carbonyl (C=O) groups excluding carboxylic acids is 7. The summed E-state index contributed by atoms with van der Waals surface area (Å²) >= 11 is 3.76. The fourth-order valence-corrected chi connectivity index (χ4v) is 11.1. The molecular weight excluding hydrogens is 809 g/mol. The minimum Gasteiger partial charge on any atom is -0.356 e. The van der Waals surface area contributed by atoms with Gasteiger partial charge in [-0.25, -0.2) is 9.59 Å². The lowest BCUT2D eigenvalue weighted by Gasteiger charge is -2.16. The Bertz CT molecular complexity index is 1550. The molecule has 6 atom stereocenters. The lowest BCUT2D eigenvalue weighted by molar-refractivity contribution is -0.122. The highest BCUT2D eigenvalue weighted by atomic mass is 32.2. The molecule has 1 aromatic rings. The van der Waals surface area contributed by atoms with Crippen molar-refractivity contribution >= 4 is 76.5 Å². The van der Waals surface area contributed by atoms with E-state index in [1.54, 1.807) is 18.2 Å². The maximum absolute atomic E-state index is 12.8. The van der Waals surface area contributed by atoms with Gasteiger partial charge in [0.2, 0.25) is 23.6 Å². The van der Waals surface area contributed by atoms with Crippen LogP contribution in [0.3, 0.4) is 0 Å². The van der Waals surface area contributed by atoms with E-state index in [0.29, 0.717) is 60.6 Å². The Hall–Kier alpha value is -4.23.